The van der Waals surface area contributed by atoms with Gasteiger partial charge >= 0.3 is 0 Å². The van der Waals surface area contributed by atoms with E-state index in [1.807, 2.05) is 0 Å². The zero-order valence-corrected chi connectivity index (χ0v) is 9.12. The number of fused-ring (bicyclic) bond motifs is 1. The molecule has 78 valence electrons. The van der Waals surface area contributed by atoms with E-state index < -0.39 is 0 Å². The fraction of sp³-hybridized carbons (Fsp3) is 0.714. The van der Waals surface area contributed by atoms with Gasteiger partial charge in [0.15, 0.2) is 0 Å². The molecule has 0 saturated heterocycles. The fourth-order valence-corrected chi connectivity index (χ4v) is 3.39. The van der Waals surface area contributed by atoms with Crippen LogP contribution in [0.15, 0.2) is 25.3 Å². The Morgan fingerprint density at radius 1 is 0.714 bits per heavy atom. The Bertz CT molecular complexity index is 192. The molecule has 0 amide bonds. The second-order valence-corrected chi connectivity index (χ2v) is 5.14. The van der Waals surface area contributed by atoms with Gasteiger partial charge in [0, 0.05) is 0 Å². The van der Waals surface area contributed by atoms with Crippen LogP contribution in [0.25, 0.3) is 0 Å². The molecule has 2 rings (SSSR count). The second kappa shape index (κ2) is 4.33. The SMILES string of the molecule is C=CC1CCC2CC(C=C)CCC2C1. The summed E-state index contributed by atoms with van der Waals surface area (Å²) in [4.78, 5) is 0. The van der Waals surface area contributed by atoms with Crippen LogP contribution in [-0.4, -0.2) is 0 Å². The molecule has 2 aliphatic rings. The van der Waals surface area contributed by atoms with E-state index in [1.165, 1.54) is 38.5 Å². The summed E-state index contributed by atoms with van der Waals surface area (Å²) in [5.41, 5.74) is 0. The van der Waals surface area contributed by atoms with Crippen molar-refractivity contribution in [1.29, 1.82) is 0 Å². The van der Waals surface area contributed by atoms with E-state index in [4.69, 9.17) is 0 Å². The summed E-state index contributed by atoms with van der Waals surface area (Å²) < 4.78 is 0. The Hall–Kier alpha value is -0.520. The summed E-state index contributed by atoms with van der Waals surface area (Å²) in [5.74, 6) is 3.64. The monoisotopic (exact) mass is 190 g/mol. The van der Waals surface area contributed by atoms with Gasteiger partial charge in [-0.15, -0.1) is 13.2 Å². The van der Waals surface area contributed by atoms with Gasteiger partial charge in [0.25, 0.3) is 0 Å². The molecule has 0 N–H and O–H groups in total. The summed E-state index contributed by atoms with van der Waals surface area (Å²) in [6.07, 6.45) is 12.8. The third-order valence-electron chi connectivity index (χ3n) is 4.36. The minimum Gasteiger partial charge on any atom is -0.103 e. The molecule has 4 atom stereocenters. The molecule has 0 heteroatoms. The molecule has 0 aromatic heterocycles. The van der Waals surface area contributed by atoms with Gasteiger partial charge in [0.05, 0.1) is 0 Å². The number of hydrogen-bond donors (Lipinski definition) is 0. The molecule has 2 saturated carbocycles. The maximum atomic E-state index is 3.94. The van der Waals surface area contributed by atoms with E-state index in [0.29, 0.717) is 0 Å². The largest absolute Gasteiger partial charge is 0.103 e. The van der Waals surface area contributed by atoms with Crippen LogP contribution in [0.4, 0.5) is 0 Å². The molecule has 0 nitrogen and oxygen atoms in total. The van der Waals surface area contributed by atoms with Crippen LogP contribution in [0, 0.1) is 23.7 Å². The summed E-state index contributed by atoms with van der Waals surface area (Å²) in [6, 6.07) is 0. The lowest BCUT2D eigenvalue weighted by molar-refractivity contribution is 0.126. The first kappa shape index (κ1) is 10.0. The van der Waals surface area contributed by atoms with Crippen LogP contribution in [-0.2, 0) is 0 Å². The van der Waals surface area contributed by atoms with Gasteiger partial charge in [-0.2, -0.15) is 0 Å². The Morgan fingerprint density at radius 3 is 1.50 bits per heavy atom. The molecule has 14 heavy (non-hydrogen) atoms. The van der Waals surface area contributed by atoms with Gasteiger partial charge in [-0.05, 0) is 62.2 Å². The Labute approximate surface area is 88.1 Å². The number of allylic oxidation sites excluding steroid dienone is 2. The maximum Gasteiger partial charge on any atom is -0.0233 e. The molecule has 0 radical (unpaired) electrons. The number of rotatable bonds is 2. The van der Waals surface area contributed by atoms with Gasteiger partial charge in [-0.3, -0.25) is 0 Å². The first-order valence-corrected chi connectivity index (χ1v) is 6.08. The van der Waals surface area contributed by atoms with Crippen molar-refractivity contribution in [3.8, 4) is 0 Å². The van der Waals surface area contributed by atoms with Crippen LogP contribution in [0.2, 0.25) is 0 Å². The lowest BCUT2D eigenvalue weighted by Crippen LogP contribution is -2.29. The van der Waals surface area contributed by atoms with Crippen molar-refractivity contribution < 1.29 is 0 Å². The first-order valence-electron chi connectivity index (χ1n) is 6.08. The van der Waals surface area contributed by atoms with Crippen LogP contribution in [0.3, 0.4) is 0 Å². The van der Waals surface area contributed by atoms with E-state index in [9.17, 15) is 0 Å². The normalized spacial score (nSPS) is 42.6. The lowest BCUT2D eigenvalue weighted by atomic mass is 9.65. The minimum absolute atomic E-state index is 0.816. The maximum absolute atomic E-state index is 3.94. The molecule has 2 aliphatic carbocycles. The molecule has 0 heterocycles. The molecular weight excluding hydrogens is 168 g/mol. The van der Waals surface area contributed by atoms with Crippen molar-refractivity contribution in [1.82, 2.24) is 0 Å². The minimum atomic E-state index is 0.816. The van der Waals surface area contributed by atoms with E-state index in [0.717, 1.165) is 23.7 Å². The van der Waals surface area contributed by atoms with Crippen molar-refractivity contribution in [2.24, 2.45) is 23.7 Å². The van der Waals surface area contributed by atoms with Gasteiger partial charge in [-0.25, -0.2) is 0 Å². The van der Waals surface area contributed by atoms with Crippen molar-refractivity contribution in [3.63, 3.8) is 0 Å². The average molecular weight is 190 g/mol. The highest BCUT2D eigenvalue weighted by molar-refractivity contribution is 4.94. The van der Waals surface area contributed by atoms with E-state index in [2.05, 4.69) is 25.3 Å². The highest BCUT2D eigenvalue weighted by atomic mass is 14.4. The van der Waals surface area contributed by atoms with Crippen LogP contribution < -0.4 is 0 Å². The van der Waals surface area contributed by atoms with Crippen molar-refractivity contribution in [2.45, 2.75) is 38.5 Å². The molecule has 2 fully saturated rings. The Morgan fingerprint density at radius 2 is 1.14 bits per heavy atom. The van der Waals surface area contributed by atoms with Crippen LogP contribution in [0.5, 0.6) is 0 Å². The van der Waals surface area contributed by atoms with Crippen molar-refractivity contribution in [2.75, 3.05) is 0 Å². The predicted octanol–water partition coefficient (Wildman–Crippen LogP) is 4.19. The molecular formula is C14H22. The summed E-state index contributed by atoms with van der Waals surface area (Å²) in [7, 11) is 0. The van der Waals surface area contributed by atoms with Gasteiger partial charge < -0.3 is 0 Å². The molecule has 0 aliphatic heterocycles. The van der Waals surface area contributed by atoms with E-state index >= 15 is 0 Å². The second-order valence-electron chi connectivity index (χ2n) is 5.14. The molecule has 4 unspecified atom stereocenters. The quantitative estimate of drug-likeness (QED) is 0.573. The zero-order chi connectivity index (χ0) is 9.97. The predicted molar refractivity (Wildman–Crippen MR) is 62.1 cm³/mol. The average Bonchev–Trinajstić information content (AvgIpc) is 2.27. The summed E-state index contributed by atoms with van der Waals surface area (Å²) in [6.45, 7) is 7.87. The fourth-order valence-electron chi connectivity index (χ4n) is 3.39. The molecule has 0 bridgehead atoms. The highest BCUT2D eigenvalue weighted by Crippen LogP contribution is 2.44. The third kappa shape index (κ3) is 1.94. The molecule has 0 spiro atoms. The first-order chi connectivity index (χ1) is 6.83. The molecule has 0 aromatic rings. The van der Waals surface area contributed by atoms with E-state index in [-0.39, 0.29) is 0 Å². The van der Waals surface area contributed by atoms with Crippen LogP contribution in [0.1, 0.15) is 38.5 Å². The molecule has 0 aromatic carbocycles. The topological polar surface area (TPSA) is 0 Å². The Balaban J connectivity index is 1.94. The zero-order valence-electron chi connectivity index (χ0n) is 9.12. The van der Waals surface area contributed by atoms with E-state index in [1.54, 1.807) is 0 Å². The summed E-state index contributed by atoms with van der Waals surface area (Å²) >= 11 is 0. The lowest BCUT2D eigenvalue weighted by Gasteiger charge is -2.40. The smallest absolute Gasteiger partial charge is 0.0233 e. The van der Waals surface area contributed by atoms with Crippen molar-refractivity contribution >= 4 is 0 Å². The standard InChI is InChI=1S/C14H22/c1-3-11-5-7-14-10-12(4-2)6-8-13(14)9-11/h3-4,11-14H,1-2,5-10H2. The van der Waals surface area contributed by atoms with Crippen LogP contribution >= 0.6 is 0 Å². The van der Waals surface area contributed by atoms with Crippen molar-refractivity contribution in [3.05, 3.63) is 25.3 Å². The van der Waals surface area contributed by atoms with Gasteiger partial charge in [0.2, 0.25) is 0 Å². The van der Waals surface area contributed by atoms with Gasteiger partial charge in [-0.1, -0.05) is 12.2 Å². The summed E-state index contributed by atoms with van der Waals surface area (Å²) in [5, 5.41) is 0. The highest BCUT2D eigenvalue weighted by Gasteiger charge is 2.33. The van der Waals surface area contributed by atoms with Gasteiger partial charge in [0.1, 0.15) is 0 Å². The third-order valence-corrected chi connectivity index (χ3v) is 4.36. The number of hydrogen-bond acceptors (Lipinski definition) is 0. The Kier molecular flexibility index (Phi) is 3.10.